The summed E-state index contributed by atoms with van der Waals surface area (Å²) in [6.45, 7) is 5.00. The van der Waals surface area contributed by atoms with Crippen molar-refractivity contribution in [1.82, 2.24) is 9.80 Å². The van der Waals surface area contributed by atoms with Gasteiger partial charge in [0.2, 0.25) is 5.91 Å². The summed E-state index contributed by atoms with van der Waals surface area (Å²) in [5, 5.41) is 4.22. The van der Waals surface area contributed by atoms with Crippen molar-refractivity contribution in [2.45, 2.75) is 51.2 Å². The molecule has 0 spiro atoms. The van der Waals surface area contributed by atoms with E-state index in [1.165, 1.54) is 31.2 Å². The Morgan fingerprint density at radius 3 is 2.74 bits per heavy atom. The molecular formula is C18H28N2O2S. The number of amides is 1. The van der Waals surface area contributed by atoms with Crippen LogP contribution in [0.25, 0.3) is 0 Å². The zero-order chi connectivity index (χ0) is 15.9. The molecule has 0 bridgehead atoms. The van der Waals surface area contributed by atoms with Crippen LogP contribution < -0.4 is 0 Å². The van der Waals surface area contributed by atoms with Crippen LogP contribution in [0.3, 0.4) is 0 Å². The number of carbonyl (C=O) groups excluding carboxylic acids is 1. The van der Waals surface area contributed by atoms with Crippen molar-refractivity contribution < 1.29 is 9.53 Å². The van der Waals surface area contributed by atoms with Crippen LogP contribution >= 0.6 is 11.3 Å². The largest absolute Gasteiger partial charge is 0.376 e. The van der Waals surface area contributed by atoms with Gasteiger partial charge in [0.25, 0.3) is 0 Å². The highest BCUT2D eigenvalue weighted by Gasteiger charge is 2.24. The van der Waals surface area contributed by atoms with E-state index >= 15 is 0 Å². The molecule has 2 aliphatic rings. The summed E-state index contributed by atoms with van der Waals surface area (Å²) in [5.74, 6) is 0.258. The number of ether oxygens (including phenoxy) is 1. The van der Waals surface area contributed by atoms with Gasteiger partial charge in [-0.3, -0.25) is 9.69 Å². The van der Waals surface area contributed by atoms with E-state index in [1.807, 2.05) is 4.90 Å². The molecule has 1 aromatic heterocycles. The molecule has 0 N–H and O–H groups in total. The van der Waals surface area contributed by atoms with Crippen LogP contribution in [0.1, 0.15) is 44.1 Å². The van der Waals surface area contributed by atoms with Gasteiger partial charge in [-0.15, -0.1) is 0 Å². The molecule has 4 nitrogen and oxygen atoms in total. The molecule has 0 aliphatic carbocycles. The molecule has 3 heterocycles. The van der Waals surface area contributed by atoms with Gasteiger partial charge in [-0.1, -0.05) is 12.8 Å². The molecule has 1 amide bonds. The predicted octanol–water partition coefficient (Wildman–Crippen LogP) is 3.13. The highest BCUT2D eigenvalue weighted by atomic mass is 32.1. The molecule has 0 saturated carbocycles. The Kier molecular flexibility index (Phi) is 6.48. The fourth-order valence-electron chi connectivity index (χ4n) is 3.48. The molecule has 2 aliphatic heterocycles. The molecule has 1 unspecified atom stereocenters. The van der Waals surface area contributed by atoms with E-state index in [9.17, 15) is 4.79 Å². The second-order valence-electron chi connectivity index (χ2n) is 6.73. The predicted molar refractivity (Wildman–Crippen MR) is 93.6 cm³/mol. The molecule has 2 fully saturated rings. The van der Waals surface area contributed by atoms with Crippen molar-refractivity contribution in [2.75, 3.05) is 32.8 Å². The lowest BCUT2D eigenvalue weighted by atomic mass is 10.2. The van der Waals surface area contributed by atoms with Gasteiger partial charge in [0.1, 0.15) is 0 Å². The van der Waals surface area contributed by atoms with Crippen LogP contribution in [-0.4, -0.2) is 54.6 Å². The lowest BCUT2D eigenvalue weighted by Crippen LogP contribution is -2.43. The maximum Gasteiger partial charge on any atom is 0.237 e. The molecule has 128 valence electrons. The molecule has 23 heavy (non-hydrogen) atoms. The number of carbonyl (C=O) groups is 1. The number of hydrogen-bond acceptors (Lipinski definition) is 4. The average molecular weight is 337 g/mol. The van der Waals surface area contributed by atoms with Crippen LogP contribution in [0, 0.1) is 0 Å². The minimum atomic E-state index is 0.224. The average Bonchev–Trinajstić information content (AvgIpc) is 3.18. The molecule has 1 aromatic rings. The van der Waals surface area contributed by atoms with Crippen molar-refractivity contribution in [3.8, 4) is 0 Å². The van der Waals surface area contributed by atoms with Crippen LogP contribution in [0.2, 0.25) is 0 Å². The lowest BCUT2D eigenvalue weighted by molar-refractivity contribution is -0.134. The number of thiophene rings is 1. The zero-order valence-electron chi connectivity index (χ0n) is 13.9. The minimum absolute atomic E-state index is 0.224. The molecule has 0 radical (unpaired) electrons. The monoisotopic (exact) mass is 336 g/mol. The Bertz CT molecular complexity index is 463. The molecule has 0 aromatic carbocycles. The number of likely N-dealkylation sites (tertiary alicyclic amines) is 1. The lowest BCUT2D eigenvalue weighted by Gasteiger charge is -2.28. The molecule has 3 rings (SSSR count). The first-order valence-electron chi connectivity index (χ1n) is 8.94. The highest BCUT2D eigenvalue weighted by Crippen LogP contribution is 2.17. The van der Waals surface area contributed by atoms with Crippen LogP contribution in [0.15, 0.2) is 16.8 Å². The summed E-state index contributed by atoms with van der Waals surface area (Å²) in [7, 11) is 0. The van der Waals surface area contributed by atoms with Crippen molar-refractivity contribution in [2.24, 2.45) is 0 Å². The first-order valence-corrected chi connectivity index (χ1v) is 9.88. The van der Waals surface area contributed by atoms with Crippen molar-refractivity contribution in [3.63, 3.8) is 0 Å². The molecule has 2 saturated heterocycles. The summed E-state index contributed by atoms with van der Waals surface area (Å²) in [6, 6.07) is 2.12. The standard InChI is InChI=1S/C18H28N2O2S/c21-18(14-19-8-3-1-2-4-9-19)20(12-16-7-11-23-15-16)13-17-6-5-10-22-17/h7,11,15,17H,1-6,8-10,12-14H2. The van der Waals surface area contributed by atoms with E-state index < -0.39 is 0 Å². The minimum Gasteiger partial charge on any atom is -0.376 e. The summed E-state index contributed by atoms with van der Waals surface area (Å²) in [4.78, 5) is 17.2. The first-order chi connectivity index (χ1) is 11.3. The van der Waals surface area contributed by atoms with E-state index in [0.29, 0.717) is 6.54 Å². The van der Waals surface area contributed by atoms with Gasteiger partial charge in [0.15, 0.2) is 0 Å². The van der Waals surface area contributed by atoms with Crippen LogP contribution in [0.4, 0.5) is 0 Å². The van der Waals surface area contributed by atoms with E-state index in [1.54, 1.807) is 11.3 Å². The van der Waals surface area contributed by atoms with Gasteiger partial charge in [0.05, 0.1) is 12.6 Å². The van der Waals surface area contributed by atoms with Crippen LogP contribution in [-0.2, 0) is 16.1 Å². The Labute approximate surface area is 143 Å². The maximum atomic E-state index is 12.9. The van der Waals surface area contributed by atoms with Gasteiger partial charge < -0.3 is 9.64 Å². The quantitative estimate of drug-likeness (QED) is 0.800. The fourth-order valence-corrected chi connectivity index (χ4v) is 4.14. The van der Waals surface area contributed by atoms with Crippen LogP contribution in [0.5, 0.6) is 0 Å². The Hall–Kier alpha value is -0.910. The first kappa shape index (κ1) is 16.9. The van der Waals surface area contributed by atoms with E-state index in [4.69, 9.17) is 4.74 Å². The van der Waals surface area contributed by atoms with Gasteiger partial charge in [-0.25, -0.2) is 0 Å². The van der Waals surface area contributed by atoms with E-state index in [2.05, 4.69) is 21.7 Å². The fraction of sp³-hybridized carbons (Fsp3) is 0.722. The summed E-state index contributed by atoms with van der Waals surface area (Å²) in [5.41, 5.74) is 1.23. The number of rotatable bonds is 6. The Morgan fingerprint density at radius 2 is 2.09 bits per heavy atom. The Morgan fingerprint density at radius 1 is 1.26 bits per heavy atom. The normalized spacial score (nSPS) is 22.9. The SMILES string of the molecule is O=C(CN1CCCCCC1)N(Cc1ccsc1)CC1CCCO1. The maximum absolute atomic E-state index is 12.9. The second-order valence-corrected chi connectivity index (χ2v) is 7.51. The highest BCUT2D eigenvalue weighted by molar-refractivity contribution is 7.07. The van der Waals surface area contributed by atoms with Gasteiger partial charge in [-0.05, 0) is 61.2 Å². The third kappa shape index (κ3) is 5.30. The van der Waals surface area contributed by atoms with Gasteiger partial charge >= 0.3 is 0 Å². The van der Waals surface area contributed by atoms with Crippen molar-refractivity contribution >= 4 is 17.2 Å². The zero-order valence-corrected chi connectivity index (χ0v) is 14.7. The third-order valence-corrected chi connectivity index (χ3v) is 5.54. The van der Waals surface area contributed by atoms with Gasteiger partial charge in [-0.2, -0.15) is 11.3 Å². The molecular weight excluding hydrogens is 308 g/mol. The summed E-state index contributed by atoms with van der Waals surface area (Å²) in [6.07, 6.45) is 7.49. The summed E-state index contributed by atoms with van der Waals surface area (Å²) >= 11 is 1.69. The number of nitrogens with zero attached hydrogens (tertiary/aromatic N) is 2. The van der Waals surface area contributed by atoms with E-state index in [-0.39, 0.29) is 12.0 Å². The number of hydrogen-bond donors (Lipinski definition) is 0. The molecule has 1 atom stereocenters. The van der Waals surface area contributed by atoms with Crippen molar-refractivity contribution in [3.05, 3.63) is 22.4 Å². The third-order valence-electron chi connectivity index (χ3n) is 4.81. The summed E-state index contributed by atoms with van der Waals surface area (Å²) < 4.78 is 5.76. The molecule has 5 heteroatoms. The van der Waals surface area contributed by atoms with Crippen molar-refractivity contribution in [1.29, 1.82) is 0 Å². The van der Waals surface area contributed by atoms with E-state index in [0.717, 1.165) is 45.6 Å². The second kappa shape index (κ2) is 8.81. The topological polar surface area (TPSA) is 32.8 Å². The smallest absolute Gasteiger partial charge is 0.237 e. The van der Waals surface area contributed by atoms with Gasteiger partial charge in [0, 0.05) is 19.7 Å². The Balaban J connectivity index is 1.59.